The van der Waals surface area contributed by atoms with E-state index in [1.165, 1.54) is 55.6 Å². The Kier molecular flexibility index (Phi) is 3.29. The van der Waals surface area contributed by atoms with Crippen molar-refractivity contribution >= 4 is 5.69 Å². The molecule has 1 N–H and O–H groups in total. The first-order valence-electron chi connectivity index (χ1n) is 7.29. The van der Waals surface area contributed by atoms with Gasteiger partial charge in [0, 0.05) is 24.3 Å². The average molecular weight is 244 g/mol. The lowest BCUT2D eigenvalue weighted by molar-refractivity contribution is 0.188. The summed E-state index contributed by atoms with van der Waals surface area (Å²) in [6.07, 6.45) is 5.43. The highest BCUT2D eigenvalue weighted by molar-refractivity contribution is 5.49. The first-order valence-corrected chi connectivity index (χ1v) is 7.29. The molecule has 2 nitrogen and oxygen atoms in total. The third-order valence-corrected chi connectivity index (χ3v) is 4.41. The molecule has 1 aromatic rings. The molecule has 1 aromatic carbocycles. The van der Waals surface area contributed by atoms with E-state index in [0.717, 1.165) is 6.04 Å². The third kappa shape index (κ3) is 2.54. The van der Waals surface area contributed by atoms with Crippen LogP contribution in [0.5, 0.6) is 0 Å². The summed E-state index contributed by atoms with van der Waals surface area (Å²) in [6.45, 7) is 6.98. The zero-order valence-electron chi connectivity index (χ0n) is 11.6. The lowest BCUT2D eigenvalue weighted by Gasteiger charge is -2.35. The van der Waals surface area contributed by atoms with Gasteiger partial charge >= 0.3 is 0 Å². The van der Waals surface area contributed by atoms with Crippen LogP contribution in [0.3, 0.4) is 0 Å². The summed E-state index contributed by atoms with van der Waals surface area (Å²) in [5.74, 6) is 0. The maximum atomic E-state index is 3.75. The number of nitrogens with one attached hydrogen (secondary N) is 1. The Morgan fingerprint density at radius 1 is 1.06 bits per heavy atom. The van der Waals surface area contributed by atoms with E-state index in [2.05, 4.69) is 42.3 Å². The Morgan fingerprint density at radius 2 is 1.83 bits per heavy atom. The second-order valence-corrected chi connectivity index (χ2v) is 6.07. The Bertz CT molecular complexity index is 407. The predicted molar refractivity (Wildman–Crippen MR) is 77.2 cm³/mol. The number of rotatable bonds is 2. The number of benzene rings is 1. The standard InChI is InChI=1S/C16H24N2/c1-12-8-13(2)10-15(9-12)17-14-5-7-18-6-3-4-16(18)11-14/h8-10,14,16-17H,3-7,11H2,1-2H3. The second-order valence-electron chi connectivity index (χ2n) is 6.07. The van der Waals surface area contributed by atoms with Crippen LogP contribution in [-0.4, -0.2) is 30.1 Å². The highest BCUT2D eigenvalue weighted by atomic mass is 15.2. The largest absolute Gasteiger partial charge is 0.382 e. The molecule has 2 heteroatoms. The molecule has 2 unspecified atom stereocenters. The Labute approximate surface area is 110 Å². The molecule has 0 aliphatic carbocycles. The number of hydrogen-bond donors (Lipinski definition) is 1. The molecule has 18 heavy (non-hydrogen) atoms. The smallest absolute Gasteiger partial charge is 0.0347 e. The van der Waals surface area contributed by atoms with Crippen LogP contribution in [0.2, 0.25) is 0 Å². The van der Waals surface area contributed by atoms with Crippen molar-refractivity contribution in [3.05, 3.63) is 29.3 Å². The van der Waals surface area contributed by atoms with Gasteiger partial charge in [0.2, 0.25) is 0 Å². The van der Waals surface area contributed by atoms with E-state index in [-0.39, 0.29) is 0 Å². The van der Waals surface area contributed by atoms with E-state index in [1.54, 1.807) is 0 Å². The topological polar surface area (TPSA) is 15.3 Å². The van der Waals surface area contributed by atoms with Crippen molar-refractivity contribution in [3.8, 4) is 0 Å². The minimum Gasteiger partial charge on any atom is -0.382 e. The van der Waals surface area contributed by atoms with Crippen molar-refractivity contribution in [3.63, 3.8) is 0 Å². The van der Waals surface area contributed by atoms with Crippen LogP contribution in [0.4, 0.5) is 5.69 Å². The van der Waals surface area contributed by atoms with Crippen molar-refractivity contribution < 1.29 is 0 Å². The lowest BCUT2D eigenvalue weighted by atomic mass is 9.97. The van der Waals surface area contributed by atoms with Gasteiger partial charge in [0.1, 0.15) is 0 Å². The fourth-order valence-electron chi connectivity index (χ4n) is 3.65. The molecule has 0 bridgehead atoms. The fraction of sp³-hybridized carbons (Fsp3) is 0.625. The highest BCUT2D eigenvalue weighted by Crippen LogP contribution is 2.28. The summed E-state index contributed by atoms with van der Waals surface area (Å²) >= 11 is 0. The molecule has 2 aliphatic rings. The third-order valence-electron chi connectivity index (χ3n) is 4.41. The lowest BCUT2D eigenvalue weighted by Crippen LogP contribution is -2.42. The summed E-state index contributed by atoms with van der Waals surface area (Å²) in [5.41, 5.74) is 4.02. The van der Waals surface area contributed by atoms with Crippen LogP contribution in [0.25, 0.3) is 0 Å². The summed E-state index contributed by atoms with van der Waals surface area (Å²) < 4.78 is 0. The van der Waals surface area contributed by atoms with Gasteiger partial charge in [-0.1, -0.05) is 6.07 Å². The summed E-state index contributed by atoms with van der Waals surface area (Å²) in [4.78, 5) is 2.68. The van der Waals surface area contributed by atoms with Gasteiger partial charge < -0.3 is 10.2 Å². The zero-order chi connectivity index (χ0) is 12.5. The number of anilines is 1. The van der Waals surface area contributed by atoms with Gasteiger partial charge in [-0.05, 0) is 69.3 Å². The molecule has 2 atom stereocenters. The molecule has 2 heterocycles. The average Bonchev–Trinajstić information content (AvgIpc) is 2.74. The van der Waals surface area contributed by atoms with Crippen LogP contribution in [-0.2, 0) is 0 Å². The first kappa shape index (κ1) is 12.0. The van der Waals surface area contributed by atoms with E-state index >= 15 is 0 Å². The summed E-state index contributed by atoms with van der Waals surface area (Å²) in [7, 11) is 0. The minimum absolute atomic E-state index is 0.672. The van der Waals surface area contributed by atoms with E-state index in [9.17, 15) is 0 Å². The molecule has 0 saturated carbocycles. The Hall–Kier alpha value is -1.02. The van der Waals surface area contributed by atoms with Crippen LogP contribution in [0, 0.1) is 13.8 Å². The number of hydrogen-bond acceptors (Lipinski definition) is 2. The minimum atomic E-state index is 0.672. The molecule has 98 valence electrons. The van der Waals surface area contributed by atoms with Gasteiger partial charge in [0.15, 0.2) is 0 Å². The van der Waals surface area contributed by atoms with Crippen molar-refractivity contribution in [1.82, 2.24) is 4.90 Å². The van der Waals surface area contributed by atoms with Gasteiger partial charge in [-0.15, -0.1) is 0 Å². The van der Waals surface area contributed by atoms with E-state index in [0.29, 0.717) is 6.04 Å². The fourth-order valence-corrected chi connectivity index (χ4v) is 3.65. The van der Waals surface area contributed by atoms with Gasteiger partial charge in [-0.25, -0.2) is 0 Å². The van der Waals surface area contributed by atoms with Gasteiger partial charge in [-0.2, -0.15) is 0 Å². The molecule has 0 amide bonds. The maximum absolute atomic E-state index is 3.75. The monoisotopic (exact) mass is 244 g/mol. The first-order chi connectivity index (χ1) is 8.70. The van der Waals surface area contributed by atoms with Gasteiger partial charge in [-0.3, -0.25) is 0 Å². The number of aryl methyl sites for hydroxylation is 2. The highest BCUT2D eigenvalue weighted by Gasteiger charge is 2.31. The van der Waals surface area contributed by atoms with E-state index in [1.807, 2.05) is 0 Å². The van der Waals surface area contributed by atoms with Gasteiger partial charge in [0.05, 0.1) is 0 Å². The van der Waals surface area contributed by atoms with Crippen LogP contribution in [0.1, 0.15) is 36.8 Å². The normalized spacial score (nSPS) is 28.1. The molecular weight excluding hydrogens is 220 g/mol. The predicted octanol–water partition coefficient (Wildman–Crippen LogP) is 3.34. The van der Waals surface area contributed by atoms with Gasteiger partial charge in [0.25, 0.3) is 0 Å². The van der Waals surface area contributed by atoms with Crippen LogP contribution >= 0.6 is 0 Å². The second kappa shape index (κ2) is 4.93. The van der Waals surface area contributed by atoms with Crippen molar-refractivity contribution in [2.24, 2.45) is 0 Å². The molecule has 3 rings (SSSR count). The van der Waals surface area contributed by atoms with Crippen molar-refractivity contribution in [2.45, 2.75) is 51.6 Å². The molecule has 0 radical (unpaired) electrons. The molecule has 2 aliphatic heterocycles. The molecule has 0 aromatic heterocycles. The Balaban J connectivity index is 1.65. The van der Waals surface area contributed by atoms with Crippen LogP contribution in [0.15, 0.2) is 18.2 Å². The summed E-state index contributed by atoms with van der Waals surface area (Å²) in [5, 5.41) is 3.75. The molecule has 2 fully saturated rings. The van der Waals surface area contributed by atoms with Crippen molar-refractivity contribution in [1.29, 1.82) is 0 Å². The van der Waals surface area contributed by atoms with E-state index in [4.69, 9.17) is 0 Å². The van der Waals surface area contributed by atoms with Crippen LogP contribution < -0.4 is 5.32 Å². The maximum Gasteiger partial charge on any atom is 0.0347 e. The Morgan fingerprint density at radius 3 is 2.61 bits per heavy atom. The van der Waals surface area contributed by atoms with Crippen molar-refractivity contribution in [2.75, 3.05) is 18.4 Å². The molecule has 2 saturated heterocycles. The summed E-state index contributed by atoms with van der Waals surface area (Å²) in [6, 6.07) is 8.31. The van der Waals surface area contributed by atoms with E-state index < -0.39 is 0 Å². The SMILES string of the molecule is Cc1cc(C)cc(NC2CCN3CCCC3C2)c1. The number of piperidine rings is 1. The molecule has 0 spiro atoms. The molecular formula is C16H24N2. The zero-order valence-corrected chi connectivity index (χ0v) is 11.6. The number of nitrogens with zero attached hydrogens (tertiary/aromatic N) is 1. The quantitative estimate of drug-likeness (QED) is 0.858. The number of fused-ring (bicyclic) bond motifs is 1.